The summed E-state index contributed by atoms with van der Waals surface area (Å²) in [7, 11) is 0. The monoisotopic (exact) mass is 344 g/mol. The second-order valence-electron chi connectivity index (χ2n) is 4.94. The molecule has 0 aliphatic carbocycles. The van der Waals surface area contributed by atoms with E-state index in [1.807, 2.05) is 36.4 Å². The van der Waals surface area contributed by atoms with Crippen LogP contribution in [-0.2, 0) is 6.42 Å². The van der Waals surface area contributed by atoms with Gasteiger partial charge in [0.1, 0.15) is 0 Å². The van der Waals surface area contributed by atoms with Gasteiger partial charge in [-0.25, -0.2) is 0 Å². The summed E-state index contributed by atoms with van der Waals surface area (Å²) in [5.74, 6) is -0.116. The zero-order valence-corrected chi connectivity index (χ0v) is 12.8. The normalized spacial score (nSPS) is 14.1. The minimum atomic E-state index is -0.116. The van der Waals surface area contributed by atoms with Crippen LogP contribution in [0.1, 0.15) is 15.9 Å². The maximum atomic E-state index is 12.4. The molecule has 104 valence electrons. The third-order valence-corrected chi connectivity index (χ3v) is 4.75. The average Bonchev–Trinajstić information content (AvgIpc) is 3.15. The van der Waals surface area contributed by atoms with Crippen molar-refractivity contribution < 1.29 is 4.79 Å². The Balaban J connectivity index is 1.62. The Labute approximate surface area is 127 Å². The molecule has 2 aromatic carbocycles. The van der Waals surface area contributed by atoms with Crippen molar-refractivity contribution in [2.75, 3.05) is 17.2 Å². The molecule has 0 atom stereocenters. The Morgan fingerprint density at radius 1 is 1.24 bits per heavy atom. The van der Waals surface area contributed by atoms with Crippen LogP contribution in [0.15, 0.2) is 44.3 Å². The Morgan fingerprint density at radius 2 is 2.19 bits per heavy atom. The van der Waals surface area contributed by atoms with Crippen molar-refractivity contribution in [1.82, 2.24) is 0 Å². The summed E-state index contributed by atoms with van der Waals surface area (Å²) in [6, 6.07) is 11.5. The van der Waals surface area contributed by atoms with E-state index >= 15 is 0 Å². The van der Waals surface area contributed by atoms with E-state index in [1.54, 1.807) is 0 Å². The first kappa shape index (κ1) is 12.6. The molecule has 5 nitrogen and oxygen atoms in total. The molecular formula is C15H12N4OSe. The number of hydrogen-bond acceptors (Lipinski definition) is 4. The molecule has 0 unspecified atom stereocenters. The van der Waals surface area contributed by atoms with Gasteiger partial charge in [0.05, 0.1) is 0 Å². The second-order valence-corrected chi connectivity index (χ2v) is 6.05. The van der Waals surface area contributed by atoms with E-state index < -0.39 is 0 Å². The molecule has 0 fully saturated rings. The molecule has 0 saturated heterocycles. The molecule has 2 aliphatic rings. The molecule has 0 spiro atoms. The van der Waals surface area contributed by atoms with Gasteiger partial charge < -0.3 is 0 Å². The number of nitrogens with one attached hydrogen (secondary N) is 2. The SMILES string of the molecule is O=C(Nc1cccc2c1N=[Se]=N2)c1ccc2c(c1)NCC2. The molecule has 2 aliphatic heterocycles. The fourth-order valence-electron chi connectivity index (χ4n) is 2.53. The van der Waals surface area contributed by atoms with Crippen molar-refractivity contribution in [2.24, 2.45) is 7.92 Å². The molecule has 4 rings (SSSR count). The molecule has 2 N–H and O–H groups in total. The number of hydrogen-bond donors (Lipinski definition) is 2. The van der Waals surface area contributed by atoms with Crippen molar-refractivity contribution in [3.63, 3.8) is 0 Å². The Morgan fingerprint density at radius 3 is 3.14 bits per heavy atom. The Bertz CT molecular complexity index is 824. The minimum absolute atomic E-state index is 0.0966. The molecule has 0 radical (unpaired) electrons. The fourth-order valence-corrected chi connectivity index (χ4v) is 3.69. The summed E-state index contributed by atoms with van der Waals surface area (Å²) >= 11 is -0.0966. The molecule has 0 saturated carbocycles. The van der Waals surface area contributed by atoms with E-state index in [1.165, 1.54) is 5.56 Å². The van der Waals surface area contributed by atoms with Crippen molar-refractivity contribution >= 4 is 43.2 Å². The maximum absolute atomic E-state index is 12.4. The summed E-state index contributed by atoms with van der Waals surface area (Å²) in [6.07, 6.45) is 1.02. The van der Waals surface area contributed by atoms with Gasteiger partial charge >= 0.3 is 127 Å². The third kappa shape index (κ3) is 2.22. The van der Waals surface area contributed by atoms with Crippen LogP contribution in [0, 0.1) is 0 Å². The number of anilines is 2. The predicted molar refractivity (Wildman–Crippen MR) is 83.0 cm³/mol. The van der Waals surface area contributed by atoms with Crippen LogP contribution >= 0.6 is 0 Å². The van der Waals surface area contributed by atoms with E-state index in [0.717, 1.165) is 35.7 Å². The van der Waals surface area contributed by atoms with Crippen LogP contribution in [0.25, 0.3) is 0 Å². The van der Waals surface area contributed by atoms with Gasteiger partial charge in [-0.15, -0.1) is 0 Å². The van der Waals surface area contributed by atoms with Gasteiger partial charge in [-0.05, 0) is 0 Å². The van der Waals surface area contributed by atoms with Crippen LogP contribution in [0.3, 0.4) is 0 Å². The number of benzene rings is 2. The van der Waals surface area contributed by atoms with Gasteiger partial charge in [-0.3, -0.25) is 0 Å². The summed E-state index contributed by atoms with van der Waals surface area (Å²) in [5, 5.41) is 6.23. The first-order chi connectivity index (χ1) is 10.3. The van der Waals surface area contributed by atoms with Crippen LogP contribution in [0.4, 0.5) is 22.7 Å². The van der Waals surface area contributed by atoms with E-state index in [0.29, 0.717) is 5.56 Å². The van der Waals surface area contributed by atoms with Gasteiger partial charge in [0.25, 0.3) is 0 Å². The van der Waals surface area contributed by atoms with Crippen LogP contribution in [-0.4, -0.2) is 27.0 Å². The zero-order chi connectivity index (χ0) is 14.2. The van der Waals surface area contributed by atoms with Crippen LogP contribution < -0.4 is 10.6 Å². The van der Waals surface area contributed by atoms with E-state index in [2.05, 4.69) is 18.6 Å². The quantitative estimate of drug-likeness (QED) is 0.702. The molecule has 2 heterocycles. The summed E-state index contributed by atoms with van der Waals surface area (Å²) in [5.41, 5.74) is 5.37. The first-order valence-electron chi connectivity index (χ1n) is 6.71. The molecular weight excluding hydrogens is 331 g/mol. The number of rotatable bonds is 2. The van der Waals surface area contributed by atoms with Crippen molar-refractivity contribution in [2.45, 2.75) is 6.42 Å². The van der Waals surface area contributed by atoms with Gasteiger partial charge in [-0.1, -0.05) is 0 Å². The molecule has 0 bridgehead atoms. The standard InChI is InChI=1S/C15H12N4OSe/c20-15(10-5-4-9-6-7-16-13(9)8-10)17-11-2-1-3-12-14(11)19-21-18-12/h1-5,8,16H,6-7H2,(H,17,20). The predicted octanol–water partition coefficient (Wildman–Crippen LogP) is 3.25. The van der Waals surface area contributed by atoms with Gasteiger partial charge in [-0.2, -0.15) is 0 Å². The zero-order valence-electron chi connectivity index (χ0n) is 11.1. The molecule has 6 heteroatoms. The molecule has 21 heavy (non-hydrogen) atoms. The van der Waals surface area contributed by atoms with Gasteiger partial charge in [0.2, 0.25) is 0 Å². The number of fused-ring (bicyclic) bond motifs is 2. The number of nitrogens with zero attached hydrogens (tertiary/aromatic N) is 2. The number of amides is 1. The Hall–Kier alpha value is -2.17. The van der Waals surface area contributed by atoms with Gasteiger partial charge in [0.15, 0.2) is 0 Å². The second kappa shape index (κ2) is 4.98. The molecule has 1 amide bonds. The van der Waals surface area contributed by atoms with Crippen LogP contribution in [0.2, 0.25) is 0 Å². The summed E-state index contributed by atoms with van der Waals surface area (Å²) in [4.78, 5) is 12.4. The van der Waals surface area contributed by atoms with E-state index in [-0.39, 0.29) is 20.5 Å². The molecule has 0 aromatic heterocycles. The number of carbonyl (C=O) groups is 1. The number of carbonyl (C=O) groups excluding carboxylic acids is 1. The fraction of sp³-hybridized carbons (Fsp3) is 0.133. The first-order valence-corrected chi connectivity index (χ1v) is 8.24. The van der Waals surface area contributed by atoms with Crippen molar-refractivity contribution in [1.29, 1.82) is 0 Å². The average molecular weight is 343 g/mol. The van der Waals surface area contributed by atoms with Crippen molar-refractivity contribution in [3.05, 3.63) is 47.5 Å². The van der Waals surface area contributed by atoms with E-state index in [9.17, 15) is 4.79 Å². The van der Waals surface area contributed by atoms with E-state index in [4.69, 9.17) is 0 Å². The summed E-state index contributed by atoms with van der Waals surface area (Å²) < 4.78 is 8.69. The van der Waals surface area contributed by atoms with Crippen molar-refractivity contribution in [3.8, 4) is 0 Å². The van der Waals surface area contributed by atoms with Gasteiger partial charge in [0, 0.05) is 0 Å². The topological polar surface area (TPSA) is 65.8 Å². The summed E-state index contributed by atoms with van der Waals surface area (Å²) in [6.45, 7) is 0.940. The molecule has 2 aromatic rings. The van der Waals surface area contributed by atoms with Crippen LogP contribution in [0.5, 0.6) is 0 Å². The Kier molecular flexibility index (Phi) is 2.98. The third-order valence-electron chi connectivity index (χ3n) is 3.62.